The van der Waals surface area contributed by atoms with Crippen molar-refractivity contribution < 1.29 is 0 Å². The van der Waals surface area contributed by atoms with Crippen molar-refractivity contribution in [2.45, 2.75) is 31.6 Å². The normalized spacial score (nSPS) is 14.4. The van der Waals surface area contributed by atoms with Gasteiger partial charge in [0.1, 0.15) is 0 Å². The molecule has 0 atom stereocenters. The molecule has 0 fully saturated rings. The van der Waals surface area contributed by atoms with E-state index in [-0.39, 0.29) is 5.41 Å². The molecule has 0 saturated carbocycles. The van der Waals surface area contributed by atoms with Crippen LogP contribution in [0.3, 0.4) is 0 Å². The first kappa shape index (κ1) is 36.4. The SMILES string of the molecule is C/C=C(\C=C/CN(c1ccc2c(c1)C(c1ccccc1)(c1ccccc1)c1ccccc1-2)c1ccccc1-c1ccccc1)c1ccc2c(c1)C(C)(C)c1ccccc1-2. The quantitative estimate of drug-likeness (QED) is 0.133. The van der Waals surface area contributed by atoms with Gasteiger partial charge in [0.2, 0.25) is 0 Å². The number of anilines is 2. The summed E-state index contributed by atoms with van der Waals surface area (Å²) in [6, 6.07) is 73.9. The van der Waals surface area contributed by atoms with Crippen LogP contribution in [0, 0.1) is 0 Å². The summed E-state index contributed by atoms with van der Waals surface area (Å²) >= 11 is 0. The van der Waals surface area contributed by atoms with Crippen molar-refractivity contribution in [1.82, 2.24) is 0 Å². The summed E-state index contributed by atoms with van der Waals surface area (Å²) in [5.41, 5.74) is 19.9. The van der Waals surface area contributed by atoms with Crippen LogP contribution < -0.4 is 4.90 Å². The fraction of sp³-hybridized carbons (Fsp3) is 0.103. The van der Waals surface area contributed by atoms with E-state index in [4.69, 9.17) is 0 Å². The predicted octanol–water partition coefficient (Wildman–Crippen LogP) is 14.8. The number of nitrogens with zero attached hydrogens (tertiary/aromatic N) is 1. The Morgan fingerprint density at radius 2 is 1.00 bits per heavy atom. The molecule has 0 heterocycles. The molecule has 0 aromatic heterocycles. The fourth-order valence-electron chi connectivity index (χ4n) is 10.0. The zero-order chi connectivity index (χ0) is 40.0. The van der Waals surface area contributed by atoms with Crippen LogP contribution in [0.1, 0.15) is 59.7 Å². The highest BCUT2D eigenvalue weighted by Gasteiger charge is 2.46. The van der Waals surface area contributed by atoms with Crippen molar-refractivity contribution in [1.29, 1.82) is 0 Å². The molecule has 0 amide bonds. The summed E-state index contributed by atoms with van der Waals surface area (Å²) in [6.45, 7) is 7.54. The van der Waals surface area contributed by atoms with Crippen molar-refractivity contribution in [3.8, 4) is 33.4 Å². The van der Waals surface area contributed by atoms with E-state index in [2.05, 4.69) is 244 Å². The maximum atomic E-state index is 2.50. The lowest BCUT2D eigenvalue weighted by Gasteiger charge is -2.35. The largest absolute Gasteiger partial charge is 0.337 e. The topological polar surface area (TPSA) is 3.24 Å². The van der Waals surface area contributed by atoms with Crippen molar-refractivity contribution in [3.63, 3.8) is 0 Å². The average molecular weight is 758 g/mol. The van der Waals surface area contributed by atoms with Crippen LogP contribution in [-0.2, 0) is 10.8 Å². The Bertz CT molecular complexity index is 2840. The number of hydrogen-bond donors (Lipinski definition) is 0. The second kappa shape index (κ2) is 14.8. The molecule has 0 aliphatic heterocycles. The molecule has 8 aromatic carbocycles. The number of benzene rings is 8. The molecular weight excluding hydrogens is 711 g/mol. The first-order valence-electron chi connectivity index (χ1n) is 20.8. The first-order chi connectivity index (χ1) is 29.0. The van der Waals surface area contributed by atoms with Gasteiger partial charge >= 0.3 is 0 Å². The second-order valence-electron chi connectivity index (χ2n) is 16.3. The van der Waals surface area contributed by atoms with Gasteiger partial charge in [-0.3, -0.25) is 0 Å². The fourth-order valence-corrected chi connectivity index (χ4v) is 10.0. The van der Waals surface area contributed by atoms with Gasteiger partial charge in [0.15, 0.2) is 0 Å². The number of rotatable bonds is 9. The van der Waals surface area contributed by atoms with E-state index < -0.39 is 5.41 Å². The summed E-state index contributed by atoms with van der Waals surface area (Å²) in [4.78, 5) is 2.50. The summed E-state index contributed by atoms with van der Waals surface area (Å²) in [5.74, 6) is 0. The monoisotopic (exact) mass is 757 g/mol. The molecule has 1 nitrogen and oxygen atoms in total. The smallest absolute Gasteiger partial charge is 0.0714 e. The van der Waals surface area contributed by atoms with E-state index in [0.717, 1.165) is 5.69 Å². The minimum absolute atomic E-state index is 0.0512. The van der Waals surface area contributed by atoms with Crippen LogP contribution in [0.25, 0.3) is 39.0 Å². The van der Waals surface area contributed by atoms with Crippen molar-refractivity contribution in [3.05, 3.63) is 257 Å². The van der Waals surface area contributed by atoms with Crippen LogP contribution in [0.15, 0.2) is 218 Å². The lowest BCUT2D eigenvalue weighted by Crippen LogP contribution is -2.29. The van der Waals surface area contributed by atoms with Crippen LogP contribution in [0.5, 0.6) is 0 Å². The Balaban J connectivity index is 1.11. The molecule has 59 heavy (non-hydrogen) atoms. The van der Waals surface area contributed by atoms with Crippen molar-refractivity contribution >= 4 is 16.9 Å². The third kappa shape index (κ3) is 5.92. The molecule has 2 aliphatic carbocycles. The minimum Gasteiger partial charge on any atom is -0.337 e. The number of hydrogen-bond acceptors (Lipinski definition) is 1. The van der Waals surface area contributed by atoms with E-state index >= 15 is 0 Å². The average Bonchev–Trinajstić information content (AvgIpc) is 3.72. The standard InChI is InChI=1S/C58H47N/c1-4-41(43-34-36-50-48-29-14-17-31-52(48)57(2,3)54(50)39-43)23-20-38-59(56-33-19-16-28-47(56)42-21-8-5-9-22-42)46-35-37-51-49-30-15-18-32-53(49)58(55(51)40-46,44-24-10-6-11-25-44)45-26-12-7-13-27-45/h4-37,39-40H,38H2,1-3H3/b23-20-,41-4+. The Morgan fingerprint density at radius 1 is 0.475 bits per heavy atom. The Labute approximate surface area is 349 Å². The van der Waals surface area contributed by atoms with Crippen LogP contribution in [0.4, 0.5) is 11.4 Å². The van der Waals surface area contributed by atoms with Gasteiger partial charge in [0, 0.05) is 28.9 Å². The molecule has 0 N–H and O–H groups in total. The summed E-state index contributed by atoms with van der Waals surface area (Å²) in [7, 11) is 0. The Kier molecular flexibility index (Phi) is 9.11. The van der Waals surface area contributed by atoms with Crippen LogP contribution in [-0.4, -0.2) is 6.54 Å². The van der Waals surface area contributed by atoms with E-state index in [0.29, 0.717) is 6.54 Å². The van der Waals surface area contributed by atoms with Crippen molar-refractivity contribution in [2.24, 2.45) is 0 Å². The van der Waals surface area contributed by atoms with Gasteiger partial charge < -0.3 is 4.90 Å². The maximum absolute atomic E-state index is 2.50. The van der Waals surface area contributed by atoms with Gasteiger partial charge in [-0.2, -0.15) is 0 Å². The zero-order valence-corrected chi connectivity index (χ0v) is 33.9. The third-order valence-electron chi connectivity index (χ3n) is 12.8. The lowest BCUT2D eigenvalue weighted by molar-refractivity contribution is 0.660. The zero-order valence-electron chi connectivity index (χ0n) is 33.9. The molecule has 0 spiro atoms. The second-order valence-corrected chi connectivity index (χ2v) is 16.3. The highest BCUT2D eigenvalue weighted by atomic mass is 15.1. The van der Waals surface area contributed by atoms with E-state index in [1.54, 1.807) is 0 Å². The highest BCUT2D eigenvalue weighted by Crippen LogP contribution is 2.57. The molecule has 0 bridgehead atoms. The molecule has 2 aliphatic rings. The van der Waals surface area contributed by atoms with Gasteiger partial charge in [-0.05, 0) is 104 Å². The molecular formula is C58H47N. The van der Waals surface area contributed by atoms with E-state index in [1.165, 1.54) is 83.6 Å². The Morgan fingerprint density at radius 3 is 1.68 bits per heavy atom. The van der Waals surface area contributed by atoms with Gasteiger partial charge in [0.25, 0.3) is 0 Å². The summed E-state index contributed by atoms with van der Waals surface area (Å²) in [6.07, 6.45) is 6.90. The molecule has 10 rings (SSSR count). The predicted molar refractivity (Wildman–Crippen MR) is 249 cm³/mol. The Hall–Kier alpha value is -6.96. The maximum Gasteiger partial charge on any atom is 0.0714 e. The van der Waals surface area contributed by atoms with Gasteiger partial charge in [-0.15, -0.1) is 0 Å². The van der Waals surface area contributed by atoms with Gasteiger partial charge in [0.05, 0.1) is 5.41 Å². The number of fused-ring (bicyclic) bond motifs is 6. The summed E-state index contributed by atoms with van der Waals surface area (Å²) in [5, 5.41) is 0. The minimum atomic E-state index is -0.482. The highest BCUT2D eigenvalue weighted by molar-refractivity contribution is 5.90. The molecule has 1 heteroatoms. The van der Waals surface area contributed by atoms with Crippen LogP contribution in [0.2, 0.25) is 0 Å². The molecule has 0 unspecified atom stereocenters. The van der Waals surface area contributed by atoms with Gasteiger partial charge in [-0.1, -0.05) is 208 Å². The molecule has 8 aromatic rings. The van der Waals surface area contributed by atoms with Gasteiger partial charge in [-0.25, -0.2) is 0 Å². The van der Waals surface area contributed by atoms with Crippen LogP contribution >= 0.6 is 0 Å². The van der Waals surface area contributed by atoms with E-state index in [1.807, 2.05) is 0 Å². The molecule has 0 radical (unpaired) electrons. The molecule has 0 saturated heterocycles. The van der Waals surface area contributed by atoms with Crippen molar-refractivity contribution in [2.75, 3.05) is 11.4 Å². The van der Waals surface area contributed by atoms with E-state index in [9.17, 15) is 0 Å². The summed E-state index contributed by atoms with van der Waals surface area (Å²) < 4.78 is 0. The first-order valence-corrected chi connectivity index (χ1v) is 20.8. The number of allylic oxidation sites excluding steroid dienone is 3. The third-order valence-corrected chi connectivity index (χ3v) is 12.8. The number of para-hydroxylation sites is 1. The lowest BCUT2D eigenvalue weighted by atomic mass is 9.67. The molecule has 284 valence electrons.